The molecule has 0 radical (unpaired) electrons. The zero-order valence-electron chi connectivity index (χ0n) is 9.90. The first-order valence-corrected chi connectivity index (χ1v) is 6.64. The lowest BCUT2D eigenvalue weighted by Gasteiger charge is -1.96. The SMILES string of the molecule is CCCn1nc(C)c2[nH]c(-c3cccs3)nc21. The zero-order valence-corrected chi connectivity index (χ0v) is 10.7. The number of fused-ring (bicyclic) bond motifs is 1. The molecule has 0 aliphatic heterocycles. The Morgan fingerprint density at radius 3 is 3.06 bits per heavy atom. The lowest BCUT2D eigenvalue weighted by molar-refractivity contribution is 0.612. The Morgan fingerprint density at radius 2 is 2.35 bits per heavy atom. The molecule has 3 heterocycles. The normalized spacial score (nSPS) is 11.4. The minimum Gasteiger partial charge on any atom is -0.334 e. The number of hydrogen-bond acceptors (Lipinski definition) is 3. The number of nitrogens with one attached hydrogen (secondary N) is 1. The monoisotopic (exact) mass is 246 g/mol. The lowest BCUT2D eigenvalue weighted by Crippen LogP contribution is -1.99. The summed E-state index contributed by atoms with van der Waals surface area (Å²) < 4.78 is 1.98. The number of rotatable bonds is 3. The number of nitrogens with zero attached hydrogens (tertiary/aromatic N) is 3. The first kappa shape index (κ1) is 10.5. The molecule has 0 bridgehead atoms. The van der Waals surface area contributed by atoms with Crippen LogP contribution in [0.3, 0.4) is 0 Å². The smallest absolute Gasteiger partial charge is 0.177 e. The van der Waals surface area contributed by atoms with Crippen LogP contribution < -0.4 is 0 Å². The van der Waals surface area contributed by atoms with E-state index >= 15 is 0 Å². The van der Waals surface area contributed by atoms with Gasteiger partial charge in [0.05, 0.1) is 10.6 Å². The Hall–Kier alpha value is -1.62. The molecule has 17 heavy (non-hydrogen) atoms. The van der Waals surface area contributed by atoms with Gasteiger partial charge in [-0.15, -0.1) is 11.3 Å². The molecular weight excluding hydrogens is 232 g/mol. The van der Waals surface area contributed by atoms with E-state index in [4.69, 9.17) is 0 Å². The third-order valence-corrected chi connectivity index (χ3v) is 3.63. The van der Waals surface area contributed by atoms with E-state index in [-0.39, 0.29) is 0 Å². The summed E-state index contributed by atoms with van der Waals surface area (Å²) in [7, 11) is 0. The van der Waals surface area contributed by atoms with Gasteiger partial charge in [0, 0.05) is 6.54 Å². The molecule has 0 aliphatic rings. The highest BCUT2D eigenvalue weighted by molar-refractivity contribution is 7.13. The zero-order chi connectivity index (χ0) is 11.8. The van der Waals surface area contributed by atoms with Gasteiger partial charge in [-0.1, -0.05) is 13.0 Å². The largest absolute Gasteiger partial charge is 0.334 e. The van der Waals surface area contributed by atoms with Gasteiger partial charge >= 0.3 is 0 Å². The number of imidazole rings is 1. The van der Waals surface area contributed by atoms with Crippen molar-refractivity contribution in [3.63, 3.8) is 0 Å². The van der Waals surface area contributed by atoms with E-state index in [1.807, 2.05) is 17.7 Å². The summed E-state index contributed by atoms with van der Waals surface area (Å²) in [6.07, 6.45) is 1.07. The van der Waals surface area contributed by atoms with Crippen LogP contribution in [0.4, 0.5) is 0 Å². The quantitative estimate of drug-likeness (QED) is 0.771. The third kappa shape index (κ3) is 1.67. The van der Waals surface area contributed by atoms with Gasteiger partial charge in [-0.05, 0) is 24.8 Å². The fourth-order valence-electron chi connectivity index (χ4n) is 1.98. The summed E-state index contributed by atoms with van der Waals surface area (Å²) in [5.41, 5.74) is 3.04. The van der Waals surface area contributed by atoms with Crippen molar-refractivity contribution in [2.45, 2.75) is 26.8 Å². The molecule has 0 aliphatic carbocycles. The maximum atomic E-state index is 4.65. The summed E-state index contributed by atoms with van der Waals surface area (Å²) >= 11 is 1.70. The Balaban J connectivity index is 2.15. The molecule has 0 atom stereocenters. The van der Waals surface area contributed by atoms with Gasteiger partial charge in [0.1, 0.15) is 5.52 Å². The summed E-state index contributed by atoms with van der Waals surface area (Å²) in [6, 6.07) is 4.12. The molecule has 0 saturated carbocycles. The van der Waals surface area contributed by atoms with Crippen molar-refractivity contribution >= 4 is 22.5 Å². The minimum atomic E-state index is 0.916. The van der Waals surface area contributed by atoms with Crippen molar-refractivity contribution in [3.8, 4) is 10.7 Å². The number of aromatic amines is 1. The van der Waals surface area contributed by atoms with E-state index in [2.05, 4.69) is 33.4 Å². The maximum absolute atomic E-state index is 4.65. The van der Waals surface area contributed by atoms with Crippen molar-refractivity contribution in [2.24, 2.45) is 0 Å². The van der Waals surface area contributed by atoms with Gasteiger partial charge in [-0.3, -0.25) is 0 Å². The van der Waals surface area contributed by atoms with E-state index in [9.17, 15) is 0 Å². The molecule has 0 fully saturated rings. The van der Waals surface area contributed by atoms with E-state index in [0.717, 1.165) is 35.6 Å². The van der Waals surface area contributed by atoms with E-state index < -0.39 is 0 Å². The van der Waals surface area contributed by atoms with Gasteiger partial charge in [0.15, 0.2) is 11.5 Å². The average molecular weight is 246 g/mol. The highest BCUT2D eigenvalue weighted by Crippen LogP contribution is 2.25. The number of aromatic nitrogens is 4. The topological polar surface area (TPSA) is 46.5 Å². The van der Waals surface area contributed by atoms with Crippen LogP contribution in [-0.2, 0) is 6.54 Å². The molecule has 5 heteroatoms. The molecule has 0 amide bonds. The first-order valence-electron chi connectivity index (χ1n) is 5.76. The van der Waals surface area contributed by atoms with E-state index in [1.54, 1.807) is 11.3 Å². The van der Waals surface area contributed by atoms with Crippen LogP contribution in [-0.4, -0.2) is 19.7 Å². The molecule has 0 unspecified atom stereocenters. The lowest BCUT2D eigenvalue weighted by atomic mass is 10.4. The molecular formula is C12H14N4S. The predicted molar refractivity (Wildman–Crippen MR) is 70.2 cm³/mol. The fraction of sp³-hybridized carbons (Fsp3) is 0.333. The second-order valence-corrected chi connectivity index (χ2v) is 5.02. The molecule has 3 aromatic rings. The van der Waals surface area contributed by atoms with Gasteiger partial charge in [-0.25, -0.2) is 9.67 Å². The number of H-pyrrole nitrogens is 1. The van der Waals surface area contributed by atoms with Crippen molar-refractivity contribution in [3.05, 3.63) is 23.2 Å². The van der Waals surface area contributed by atoms with Crippen LogP contribution >= 0.6 is 11.3 Å². The first-order chi connectivity index (χ1) is 8.29. The molecule has 3 aromatic heterocycles. The van der Waals surface area contributed by atoms with E-state index in [1.165, 1.54) is 4.88 Å². The Morgan fingerprint density at radius 1 is 1.47 bits per heavy atom. The van der Waals surface area contributed by atoms with Crippen molar-refractivity contribution < 1.29 is 0 Å². The second kappa shape index (κ2) is 4.00. The van der Waals surface area contributed by atoms with Crippen LogP contribution in [0.5, 0.6) is 0 Å². The molecule has 3 rings (SSSR count). The second-order valence-electron chi connectivity index (χ2n) is 4.07. The molecule has 0 spiro atoms. The van der Waals surface area contributed by atoms with Gasteiger partial charge < -0.3 is 4.98 Å². The van der Waals surface area contributed by atoms with E-state index in [0.29, 0.717) is 0 Å². The van der Waals surface area contributed by atoms with Crippen LogP contribution in [0.25, 0.3) is 21.9 Å². The van der Waals surface area contributed by atoms with Gasteiger partial charge in [-0.2, -0.15) is 5.10 Å². The fourth-order valence-corrected chi connectivity index (χ4v) is 2.65. The summed E-state index contributed by atoms with van der Waals surface area (Å²) in [5.74, 6) is 0.945. The number of aryl methyl sites for hydroxylation is 2. The molecule has 0 aromatic carbocycles. The maximum Gasteiger partial charge on any atom is 0.177 e. The Labute approximate surface area is 103 Å². The summed E-state index contributed by atoms with van der Waals surface area (Å²) in [4.78, 5) is 9.18. The summed E-state index contributed by atoms with van der Waals surface area (Å²) in [6.45, 7) is 5.08. The van der Waals surface area contributed by atoms with Crippen LogP contribution in [0, 0.1) is 6.92 Å². The Bertz CT molecular complexity index is 633. The van der Waals surface area contributed by atoms with Crippen LogP contribution in [0.15, 0.2) is 17.5 Å². The predicted octanol–water partition coefficient (Wildman–Crippen LogP) is 3.21. The summed E-state index contributed by atoms with van der Waals surface area (Å²) in [5, 5.41) is 6.55. The highest BCUT2D eigenvalue weighted by Gasteiger charge is 2.13. The standard InChI is InChI=1S/C12H14N4S/c1-3-6-16-12-10(8(2)15-16)13-11(14-12)9-5-4-7-17-9/h4-5,7H,3,6H2,1-2H3,(H,13,14). The Kier molecular flexibility index (Phi) is 2.48. The number of thiophene rings is 1. The van der Waals surface area contributed by atoms with Gasteiger partial charge in [0.25, 0.3) is 0 Å². The molecule has 4 nitrogen and oxygen atoms in total. The van der Waals surface area contributed by atoms with Crippen molar-refractivity contribution in [1.82, 2.24) is 19.7 Å². The molecule has 0 saturated heterocycles. The molecule has 1 N–H and O–H groups in total. The minimum absolute atomic E-state index is 0.916. The average Bonchev–Trinajstić information content (AvgIpc) is 2.99. The highest BCUT2D eigenvalue weighted by atomic mass is 32.1. The molecule has 88 valence electrons. The third-order valence-electron chi connectivity index (χ3n) is 2.75. The van der Waals surface area contributed by atoms with Crippen molar-refractivity contribution in [1.29, 1.82) is 0 Å². The van der Waals surface area contributed by atoms with Crippen molar-refractivity contribution in [2.75, 3.05) is 0 Å². The van der Waals surface area contributed by atoms with Crippen LogP contribution in [0.2, 0.25) is 0 Å². The van der Waals surface area contributed by atoms with Crippen LogP contribution in [0.1, 0.15) is 19.0 Å². The van der Waals surface area contributed by atoms with Gasteiger partial charge in [0.2, 0.25) is 0 Å². The number of hydrogen-bond donors (Lipinski definition) is 1.